The Kier molecular flexibility index (Phi) is 5.67. The molecular weight excluding hydrogens is 384 g/mol. The molecule has 0 radical (unpaired) electrons. The minimum absolute atomic E-state index is 0.457. The fourth-order valence-electron chi connectivity index (χ4n) is 3.48. The van der Waals surface area contributed by atoms with E-state index in [0.29, 0.717) is 24.1 Å². The van der Waals surface area contributed by atoms with E-state index in [1.165, 1.54) is 0 Å². The van der Waals surface area contributed by atoms with Gasteiger partial charge in [-0.2, -0.15) is 5.26 Å². The molecule has 4 rings (SSSR count). The number of pyridine rings is 1. The predicted octanol–water partition coefficient (Wildman–Crippen LogP) is 3.78. The first-order chi connectivity index (χ1) is 14.1. The second-order valence-corrected chi connectivity index (χ2v) is 8.34. The summed E-state index contributed by atoms with van der Waals surface area (Å²) >= 11 is 1.63. The molecule has 3 aromatic heterocycles. The van der Waals surface area contributed by atoms with Gasteiger partial charge in [0.25, 0.3) is 0 Å². The molecule has 0 aliphatic carbocycles. The van der Waals surface area contributed by atoms with E-state index in [-0.39, 0.29) is 0 Å². The van der Waals surface area contributed by atoms with Crippen LogP contribution in [0.15, 0.2) is 30.3 Å². The number of hydrogen-bond donors (Lipinski definition) is 0. The van der Waals surface area contributed by atoms with E-state index in [1.807, 2.05) is 38.1 Å². The number of nitrogens with zero attached hydrogens (tertiary/aromatic N) is 6. The number of nitriles is 1. The van der Waals surface area contributed by atoms with Gasteiger partial charge in [0, 0.05) is 19.2 Å². The van der Waals surface area contributed by atoms with Gasteiger partial charge in [0.1, 0.15) is 23.3 Å². The highest BCUT2D eigenvalue weighted by Gasteiger charge is 2.21. The Morgan fingerprint density at radius 1 is 1.14 bits per heavy atom. The second kappa shape index (κ2) is 8.53. The molecule has 8 heteroatoms. The largest absolute Gasteiger partial charge is 0.476 e. The average molecular weight is 407 g/mol. The van der Waals surface area contributed by atoms with Crippen LogP contribution in [0.5, 0.6) is 5.88 Å². The van der Waals surface area contributed by atoms with Crippen molar-refractivity contribution in [2.24, 2.45) is 5.92 Å². The molecule has 0 saturated carbocycles. The molecule has 3 aromatic rings. The summed E-state index contributed by atoms with van der Waals surface area (Å²) in [6, 6.07) is 11.5. The van der Waals surface area contributed by atoms with Gasteiger partial charge in [-0.15, -0.1) is 21.5 Å². The van der Waals surface area contributed by atoms with E-state index in [1.54, 1.807) is 17.4 Å². The maximum atomic E-state index is 9.02. The van der Waals surface area contributed by atoms with Crippen LogP contribution >= 0.6 is 11.3 Å². The lowest BCUT2D eigenvalue weighted by Crippen LogP contribution is -2.36. The molecule has 4 heterocycles. The van der Waals surface area contributed by atoms with Gasteiger partial charge in [-0.1, -0.05) is 6.07 Å². The minimum atomic E-state index is 0.457. The topological polar surface area (TPSA) is 87.8 Å². The Morgan fingerprint density at radius 2 is 1.97 bits per heavy atom. The van der Waals surface area contributed by atoms with Crippen molar-refractivity contribution in [3.05, 3.63) is 46.7 Å². The zero-order valence-corrected chi connectivity index (χ0v) is 17.3. The Labute approximate surface area is 174 Å². The third kappa shape index (κ3) is 4.51. The van der Waals surface area contributed by atoms with Crippen LogP contribution in [0.2, 0.25) is 0 Å². The van der Waals surface area contributed by atoms with Crippen LogP contribution in [-0.4, -0.2) is 39.9 Å². The smallest absolute Gasteiger partial charge is 0.233 e. The normalized spacial score (nSPS) is 14.6. The van der Waals surface area contributed by atoms with E-state index in [0.717, 1.165) is 53.0 Å². The molecule has 7 nitrogen and oxygen atoms in total. The lowest BCUT2D eigenvalue weighted by molar-refractivity contribution is 0.214. The summed E-state index contributed by atoms with van der Waals surface area (Å²) in [7, 11) is 0. The van der Waals surface area contributed by atoms with Crippen LogP contribution in [-0.2, 0) is 0 Å². The molecule has 1 saturated heterocycles. The Balaban J connectivity index is 1.29. The Morgan fingerprint density at radius 3 is 2.62 bits per heavy atom. The van der Waals surface area contributed by atoms with Crippen LogP contribution in [0.4, 0.5) is 5.82 Å². The molecule has 0 bridgehead atoms. The first-order valence-electron chi connectivity index (χ1n) is 9.65. The second-order valence-electron chi connectivity index (χ2n) is 7.14. The molecule has 1 aliphatic rings. The molecule has 0 aromatic carbocycles. The summed E-state index contributed by atoms with van der Waals surface area (Å²) in [6.45, 7) is 6.43. The SMILES string of the molecule is Cc1nc(C)c(-c2ccc(OCC3CCN(c4cccc(C#N)n4)CC3)nn2)s1. The molecule has 1 fully saturated rings. The molecular formula is C21H22N6OS. The van der Waals surface area contributed by atoms with Crippen LogP contribution < -0.4 is 9.64 Å². The van der Waals surface area contributed by atoms with Gasteiger partial charge in [0.2, 0.25) is 5.88 Å². The zero-order valence-electron chi connectivity index (χ0n) is 16.5. The van der Waals surface area contributed by atoms with Gasteiger partial charge in [-0.05, 0) is 50.8 Å². The third-order valence-corrected chi connectivity index (χ3v) is 6.13. The number of aryl methyl sites for hydroxylation is 2. The first kappa shape index (κ1) is 19.3. The fraction of sp³-hybridized carbons (Fsp3) is 0.381. The molecule has 1 aliphatic heterocycles. The van der Waals surface area contributed by atoms with Gasteiger partial charge < -0.3 is 9.64 Å². The quantitative estimate of drug-likeness (QED) is 0.637. The molecule has 0 amide bonds. The first-order valence-corrected chi connectivity index (χ1v) is 10.5. The average Bonchev–Trinajstić information content (AvgIpc) is 3.11. The minimum Gasteiger partial charge on any atom is -0.476 e. The highest BCUT2D eigenvalue weighted by Crippen LogP contribution is 2.28. The number of thiazole rings is 1. The van der Waals surface area contributed by atoms with Crippen molar-refractivity contribution >= 4 is 17.2 Å². The maximum absolute atomic E-state index is 9.02. The van der Waals surface area contributed by atoms with Gasteiger partial charge in [0.15, 0.2) is 0 Å². The molecule has 0 spiro atoms. The fourth-order valence-corrected chi connectivity index (χ4v) is 4.37. The third-order valence-electron chi connectivity index (χ3n) is 5.03. The number of piperidine rings is 1. The van der Waals surface area contributed by atoms with Crippen molar-refractivity contribution in [3.8, 4) is 22.5 Å². The monoisotopic (exact) mass is 406 g/mol. The van der Waals surface area contributed by atoms with E-state index in [4.69, 9.17) is 10.00 Å². The summed E-state index contributed by atoms with van der Waals surface area (Å²) in [5.41, 5.74) is 2.27. The summed E-state index contributed by atoms with van der Waals surface area (Å²) in [6.07, 6.45) is 2.03. The van der Waals surface area contributed by atoms with Crippen LogP contribution in [0.1, 0.15) is 29.2 Å². The Hall–Kier alpha value is -3.05. The van der Waals surface area contributed by atoms with E-state index in [9.17, 15) is 0 Å². The van der Waals surface area contributed by atoms with Gasteiger partial charge in [0.05, 0.1) is 22.2 Å². The van der Waals surface area contributed by atoms with Crippen molar-refractivity contribution in [1.82, 2.24) is 20.2 Å². The van der Waals surface area contributed by atoms with Gasteiger partial charge in [-0.3, -0.25) is 0 Å². The molecule has 0 atom stereocenters. The predicted molar refractivity (Wildman–Crippen MR) is 112 cm³/mol. The standard InChI is InChI=1S/C21H22N6OS/c1-14-21(29-15(2)23-14)18-6-7-20(26-25-18)28-13-16-8-10-27(11-9-16)19-5-3-4-17(12-22)24-19/h3-7,16H,8-11,13H2,1-2H3. The highest BCUT2D eigenvalue weighted by molar-refractivity contribution is 7.15. The Bertz CT molecular complexity index is 1020. The van der Waals surface area contributed by atoms with Crippen LogP contribution in [0, 0.1) is 31.1 Å². The number of aromatic nitrogens is 4. The highest BCUT2D eigenvalue weighted by atomic mass is 32.1. The van der Waals surface area contributed by atoms with E-state index < -0.39 is 0 Å². The summed E-state index contributed by atoms with van der Waals surface area (Å²) < 4.78 is 5.89. The number of rotatable bonds is 5. The zero-order chi connectivity index (χ0) is 20.2. The molecule has 29 heavy (non-hydrogen) atoms. The van der Waals surface area contributed by atoms with Crippen molar-refractivity contribution in [3.63, 3.8) is 0 Å². The summed E-state index contributed by atoms with van der Waals surface area (Å²) in [5.74, 6) is 1.90. The summed E-state index contributed by atoms with van der Waals surface area (Å²) in [4.78, 5) is 12.1. The summed E-state index contributed by atoms with van der Waals surface area (Å²) in [5, 5.41) is 18.6. The number of hydrogen-bond acceptors (Lipinski definition) is 8. The van der Waals surface area contributed by atoms with Crippen LogP contribution in [0.25, 0.3) is 10.6 Å². The van der Waals surface area contributed by atoms with Crippen molar-refractivity contribution in [2.45, 2.75) is 26.7 Å². The van der Waals surface area contributed by atoms with Crippen molar-refractivity contribution in [1.29, 1.82) is 5.26 Å². The van der Waals surface area contributed by atoms with Crippen LogP contribution in [0.3, 0.4) is 0 Å². The van der Waals surface area contributed by atoms with Crippen molar-refractivity contribution in [2.75, 3.05) is 24.6 Å². The lowest BCUT2D eigenvalue weighted by atomic mass is 9.98. The number of ether oxygens (including phenoxy) is 1. The van der Waals surface area contributed by atoms with Gasteiger partial charge in [-0.25, -0.2) is 9.97 Å². The number of anilines is 1. The van der Waals surface area contributed by atoms with E-state index >= 15 is 0 Å². The maximum Gasteiger partial charge on any atom is 0.233 e. The molecule has 0 N–H and O–H groups in total. The van der Waals surface area contributed by atoms with Gasteiger partial charge >= 0.3 is 0 Å². The molecule has 148 valence electrons. The molecule has 0 unspecified atom stereocenters. The lowest BCUT2D eigenvalue weighted by Gasteiger charge is -2.32. The van der Waals surface area contributed by atoms with Crippen molar-refractivity contribution < 1.29 is 4.74 Å². The van der Waals surface area contributed by atoms with E-state index in [2.05, 4.69) is 31.1 Å².